The molecular formula is C19H22N2O. The zero-order valence-electron chi connectivity index (χ0n) is 13.2. The average molecular weight is 294 g/mol. The summed E-state index contributed by atoms with van der Waals surface area (Å²) in [7, 11) is 1.66. The molecule has 0 heterocycles. The van der Waals surface area contributed by atoms with E-state index < -0.39 is 0 Å². The van der Waals surface area contributed by atoms with Crippen LogP contribution in [-0.2, 0) is 6.42 Å². The van der Waals surface area contributed by atoms with Crippen molar-refractivity contribution >= 4 is 12.4 Å². The molecular weight excluding hydrogens is 272 g/mol. The number of aryl methyl sites for hydroxylation is 1. The van der Waals surface area contributed by atoms with Gasteiger partial charge in [-0.1, -0.05) is 31.2 Å². The number of rotatable bonds is 7. The van der Waals surface area contributed by atoms with E-state index in [2.05, 4.69) is 41.2 Å². The van der Waals surface area contributed by atoms with E-state index >= 15 is 0 Å². The topological polar surface area (TPSA) is 34.0 Å². The molecule has 3 heteroatoms. The molecule has 0 atom stereocenters. The first kappa shape index (κ1) is 16.0. The average Bonchev–Trinajstić information content (AvgIpc) is 2.59. The number of hydrogen-bond donors (Lipinski definition) is 0. The Balaban J connectivity index is 1.75. The van der Waals surface area contributed by atoms with Crippen molar-refractivity contribution in [3.8, 4) is 5.75 Å². The number of ether oxygens (including phenoxy) is 1. The Hall–Kier alpha value is -2.42. The molecule has 0 radical (unpaired) electrons. The third-order valence-corrected chi connectivity index (χ3v) is 3.34. The minimum Gasteiger partial charge on any atom is -0.497 e. The van der Waals surface area contributed by atoms with E-state index in [-0.39, 0.29) is 0 Å². The SMILES string of the molecule is CCc1ccc(C=NCCN=Cc2ccc(OC)cc2)cc1. The van der Waals surface area contributed by atoms with Crippen molar-refractivity contribution in [3.63, 3.8) is 0 Å². The summed E-state index contributed by atoms with van der Waals surface area (Å²) in [6.07, 6.45) is 4.84. The lowest BCUT2D eigenvalue weighted by molar-refractivity contribution is 0.415. The smallest absolute Gasteiger partial charge is 0.118 e. The van der Waals surface area contributed by atoms with Crippen LogP contribution >= 0.6 is 0 Å². The highest BCUT2D eigenvalue weighted by Gasteiger charge is 1.91. The second-order valence-corrected chi connectivity index (χ2v) is 4.94. The zero-order chi connectivity index (χ0) is 15.6. The van der Waals surface area contributed by atoms with Crippen molar-refractivity contribution < 1.29 is 4.74 Å². The fourth-order valence-electron chi connectivity index (χ4n) is 1.98. The number of benzene rings is 2. The van der Waals surface area contributed by atoms with Gasteiger partial charge in [-0.25, -0.2) is 0 Å². The molecule has 3 nitrogen and oxygen atoms in total. The summed E-state index contributed by atoms with van der Waals surface area (Å²) in [5, 5.41) is 0. The molecule has 0 N–H and O–H groups in total. The Morgan fingerprint density at radius 1 is 0.818 bits per heavy atom. The monoisotopic (exact) mass is 294 g/mol. The first-order valence-corrected chi connectivity index (χ1v) is 7.54. The highest BCUT2D eigenvalue weighted by atomic mass is 16.5. The van der Waals surface area contributed by atoms with Crippen LogP contribution in [0.2, 0.25) is 0 Å². The molecule has 0 unspecified atom stereocenters. The van der Waals surface area contributed by atoms with Crippen LogP contribution < -0.4 is 4.74 Å². The summed E-state index contributed by atoms with van der Waals surface area (Å²) < 4.78 is 5.12. The molecule has 0 aliphatic carbocycles. The molecule has 0 amide bonds. The molecule has 2 aromatic carbocycles. The molecule has 22 heavy (non-hydrogen) atoms. The Morgan fingerprint density at radius 2 is 1.32 bits per heavy atom. The predicted octanol–water partition coefficient (Wildman–Crippen LogP) is 3.80. The number of nitrogens with zero attached hydrogens (tertiary/aromatic N) is 2. The molecule has 0 bridgehead atoms. The van der Waals surface area contributed by atoms with Crippen molar-refractivity contribution in [1.29, 1.82) is 0 Å². The molecule has 2 aromatic rings. The summed E-state index contributed by atoms with van der Waals surface area (Å²) in [5.41, 5.74) is 3.55. The quantitative estimate of drug-likeness (QED) is 0.565. The number of hydrogen-bond acceptors (Lipinski definition) is 3. The van der Waals surface area contributed by atoms with Gasteiger partial charge in [-0.3, -0.25) is 9.98 Å². The maximum absolute atomic E-state index is 5.12. The molecule has 2 rings (SSSR count). The van der Waals surface area contributed by atoms with Gasteiger partial charge in [0.15, 0.2) is 0 Å². The number of methoxy groups -OCH3 is 1. The first-order chi connectivity index (χ1) is 10.8. The van der Waals surface area contributed by atoms with Crippen molar-refractivity contribution in [3.05, 3.63) is 65.2 Å². The minimum absolute atomic E-state index is 0.690. The lowest BCUT2D eigenvalue weighted by Gasteiger charge is -1.98. The van der Waals surface area contributed by atoms with Gasteiger partial charge in [0.2, 0.25) is 0 Å². The van der Waals surface area contributed by atoms with E-state index in [1.54, 1.807) is 7.11 Å². The Morgan fingerprint density at radius 3 is 1.77 bits per heavy atom. The van der Waals surface area contributed by atoms with Crippen LogP contribution in [0.3, 0.4) is 0 Å². The van der Waals surface area contributed by atoms with Crippen LogP contribution in [-0.4, -0.2) is 32.6 Å². The highest BCUT2D eigenvalue weighted by molar-refractivity contribution is 5.80. The molecule has 0 fully saturated rings. The Bertz CT molecular complexity index is 555. The largest absolute Gasteiger partial charge is 0.497 e. The number of aliphatic imine (C=N–C) groups is 2. The van der Waals surface area contributed by atoms with Gasteiger partial charge < -0.3 is 4.74 Å². The van der Waals surface area contributed by atoms with E-state index in [1.165, 1.54) is 5.56 Å². The molecule has 0 spiro atoms. The molecule has 114 valence electrons. The second-order valence-electron chi connectivity index (χ2n) is 4.94. The van der Waals surface area contributed by atoms with Gasteiger partial charge in [-0.2, -0.15) is 0 Å². The predicted molar refractivity (Wildman–Crippen MR) is 93.7 cm³/mol. The van der Waals surface area contributed by atoms with E-state index in [4.69, 9.17) is 4.74 Å². The van der Waals surface area contributed by atoms with Crippen LogP contribution in [0, 0.1) is 0 Å². The summed E-state index contributed by atoms with van der Waals surface area (Å²) in [6.45, 7) is 3.54. The van der Waals surface area contributed by atoms with Crippen LogP contribution in [0.4, 0.5) is 0 Å². The van der Waals surface area contributed by atoms with Gasteiger partial charge in [0.25, 0.3) is 0 Å². The van der Waals surface area contributed by atoms with Gasteiger partial charge in [-0.15, -0.1) is 0 Å². The Kier molecular flexibility index (Phi) is 6.37. The van der Waals surface area contributed by atoms with E-state index in [0.717, 1.165) is 23.3 Å². The molecule has 0 saturated carbocycles. The van der Waals surface area contributed by atoms with Crippen LogP contribution in [0.5, 0.6) is 5.75 Å². The molecule has 0 aliphatic heterocycles. The van der Waals surface area contributed by atoms with Gasteiger partial charge in [0, 0.05) is 12.4 Å². The Labute approximate surface area is 132 Å². The van der Waals surface area contributed by atoms with Crippen molar-refractivity contribution in [1.82, 2.24) is 0 Å². The van der Waals surface area contributed by atoms with Crippen LogP contribution in [0.15, 0.2) is 58.5 Å². The third-order valence-electron chi connectivity index (χ3n) is 3.34. The lowest BCUT2D eigenvalue weighted by Crippen LogP contribution is -1.91. The molecule has 0 saturated heterocycles. The maximum atomic E-state index is 5.12. The van der Waals surface area contributed by atoms with Crippen LogP contribution in [0.1, 0.15) is 23.6 Å². The zero-order valence-corrected chi connectivity index (χ0v) is 13.2. The van der Waals surface area contributed by atoms with Gasteiger partial charge in [-0.05, 0) is 47.4 Å². The lowest BCUT2D eigenvalue weighted by atomic mass is 10.1. The third kappa shape index (κ3) is 5.17. The van der Waals surface area contributed by atoms with Gasteiger partial charge >= 0.3 is 0 Å². The summed E-state index contributed by atoms with van der Waals surface area (Å²) in [6, 6.07) is 16.3. The van der Waals surface area contributed by atoms with Crippen molar-refractivity contribution in [2.75, 3.05) is 20.2 Å². The van der Waals surface area contributed by atoms with Crippen LogP contribution in [0.25, 0.3) is 0 Å². The van der Waals surface area contributed by atoms with Gasteiger partial charge in [0.1, 0.15) is 5.75 Å². The van der Waals surface area contributed by atoms with E-state index in [9.17, 15) is 0 Å². The summed E-state index contributed by atoms with van der Waals surface area (Å²) >= 11 is 0. The second kappa shape index (κ2) is 8.78. The molecule has 0 aromatic heterocycles. The molecule has 0 aliphatic rings. The fourth-order valence-corrected chi connectivity index (χ4v) is 1.98. The van der Waals surface area contributed by atoms with Crippen molar-refractivity contribution in [2.24, 2.45) is 9.98 Å². The van der Waals surface area contributed by atoms with Gasteiger partial charge in [0.05, 0.1) is 20.2 Å². The summed E-state index contributed by atoms with van der Waals surface area (Å²) in [4.78, 5) is 8.77. The van der Waals surface area contributed by atoms with Crippen molar-refractivity contribution in [2.45, 2.75) is 13.3 Å². The van der Waals surface area contributed by atoms with E-state index in [0.29, 0.717) is 13.1 Å². The van der Waals surface area contributed by atoms with E-state index in [1.807, 2.05) is 36.7 Å². The highest BCUT2D eigenvalue weighted by Crippen LogP contribution is 2.09. The first-order valence-electron chi connectivity index (χ1n) is 7.54. The fraction of sp³-hybridized carbons (Fsp3) is 0.263. The standard InChI is InChI=1S/C19H22N2O/c1-3-16-4-6-17(7-5-16)14-20-12-13-21-15-18-8-10-19(22-2)11-9-18/h4-11,14-15H,3,12-13H2,1-2H3. The maximum Gasteiger partial charge on any atom is 0.118 e. The minimum atomic E-state index is 0.690. The summed E-state index contributed by atoms with van der Waals surface area (Å²) in [5.74, 6) is 0.857. The normalized spacial score (nSPS) is 11.4.